The minimum absolute atomic E-state index is 0.0916. The number of carbonyl (C=O) groups excluding carboxylic acids is 2. The van der Waals surface area contributed by atoms with Crippen LogP contribution < -0.4 is 5.32 Å². The van der Waals surface area contributed by atoms with Gasteiger partial charge in [-0.15, -0.1) is 11.3 Å². The molecular weight excluding hydrogens is 352 g/mol. The van der Waals surface area contributed by atoms with Crippen LogP contribution in [-0.2, 0) is 4.74 Å². The van der Waals surface area contributed by atoms with Crippen molar-refractivity contribution in [3.05, 3.63) is 59.0 Å². The lowest BCUT2D eigenvalue weighted by Gasteiger charge is -2.03. The number of anilines is 1. The van der Waals surface area contributed by atoms with Crippen LogP contribution in [0.4, 0.5) is 5.00 Å². The van der Waals surface area contributed by atoms with Crippen LogP contribution in [0.1, 0.15) is 39.1 Å². The molecule has 1 amide bonds. The molecule has 2 heterocycles. The van der Waals surface area contributed by atoms with Gasteiger partial charge in [0.25, 0.3) is 5.91 Å². The lowest BCUT2D eigenvalue weighted by molar-refractivity contribution is 0.0512. The van der Waals surface area contributed by atoms with E-state index < -0.39 is 11.9 Å². The first-order chi connectivity index (χ1) is 12.5. The summed E-state index contributed by atoms with van der Waals surface area (Å²) in [6.07, 6.45) is 0. The number of benzene rings is 1. The van der Waals surface area contributed by atoms with E-state index in [9.17, 15) is 9.59 Å². The summed E-state index contributed by atoms with van der Waals surface area (Å²) in [5.74, 6) is -0.869. The van der Waals surface area contributed by atoms with E-state index in [1.807, 2.05) is 37.3 Å². The number of aryl methyl sites for hydroxylation is 2. The molecule has 0 radical (unpaired) electrons. The molecule has 7 heteroatoms. The smallest absolute Gasteiger partial charge is 0.361 e. The second-order valence-electron chi connectivity index (χ2n) is 5.67. The number of amides is 1. The molecule has 0 bridgehead atoms. The average Bonchev–Trinajstić information content (AvgIpc) is 3.22. The fourth-order valence-electron chi connectivity index (χ4n) is 2.51. The predicted molar refractivity (Wildman–Crippen MR) is 99.6 cm³/mol. The number of aromatic nitrogens is 1. The Balaban J connectivity index is 1.81. The maximum Gasteiger partial charge on any atom is 0.361 e. The highest BCUT2D eigenvalue weighted by Gasteiger charge is 2.26. The van der Waals surface area contributed by atoms with Crippen molar-refractivity contribution in [3.8, 4) is 10.4 Å². The SMILES string of the molecule is CCOC(=O)c1noc(C)c1C(=O)Nc1ccc(-c2cccc(C)c2)s1. The monoisotopic (exact) mass is 370 g/mol. The number of hydrogen-bond donors (Lipinski definition) is 1. The van der Waals surface area contributed by atoms with Crippen LogP contribution in [0.3, 0.4) is 0 Å². The van der Waals surface area contributed by atoms with Gasteiger partial charge in [0.05, 0.1) is 11.6 Å². The summed E-state index contributed by atoms with van der Waals surface area (Å²) in [6.45, 7) is 5.49. The van der Waals surface area contributed by atoms with E-state index >= 15 is 0 Å². The fraction of sp³-hybridized carbons (Fsp3) is 0.211. The van der Waals surface area contributed by atoms with Gasteiger partial charge in [-0.2, -0.15) is 0 Å². The van der Waals surface area contributed by atoms with Crippen LogP contribution in [0.2, 0.25) is 0 Å². The van der Waals surface area contributed by atoms with E-state index in [1.165, 1.54) is 16.9 Å². The fourth-order valence-corrected chi connectivity index (χ4v) is 3.41. The lowest BCUT2D eigenvalue weighted by Crippen LogP contribution is -2.17. The van der Waals surface area contributed by atoms with Crippen molar-refractivity contribution in [3.63, 3.8) is 0 Å². The first-order valence-electron chi connectivity index (χ1n) is 8.11. The van der Waals surface area contributed by atoms with Gasteiger partial charge in [-0.3, -0.25) is 4.79 Å². The predicted octanol–water partition coefficient (Wildman–Crippen LogP) is 4.45. The number of thiophene rings is 1. The Bertz CT molecular complexity index is 958. The van der Waals surface area contributed by atoms with E-state index in [-0.39, 0.29) is 23.6 Å². The highest BCUT2D eigenvalue weighted by atomic mass is 32.1. The molecule has 0 atom stereocenters. The molecule has 0 aliphatic heterocycles. The van der Waals surface area contributed by atoms with Gasteiger partial charge in [-0.1, -0.05) is 35.0 Å². The summed E-state index contributed by atoms with van der Waals surface area (Å²) in [5, 5.41) is 7.12. The van der Waals surface area contributed by atoms with Crippen molar-refractivity contribution >= 4 is 28.2 Å². The lowest BCUT2D eigenvalue weighted by atomic mass is 10.1. The second kappa shape index (κ2) is 7.53. The highest BCUT2D eigenvalue weighted by Crippen LogP contribution is 2.32. The Labute approximate surface area is 154 Å². The van der Waals surface area contributed by atoms with Crippen LogP contribution in [0.15, 0.2) is 40.9 Å². The number of carbonyl (C=O) groups is 2. The average molecular weight is 370 g/mol. The summed E-state index contributed by atoms with van der Waals surface area (Å²) in [4.78, 5) is 25.6. The van der Waals surface area contributed by atoms with Gasteiger partial charge >= 0.3 is 5.97 Å². The molecule has 3 rings (SSSR count). The van der Waals surface area contributed by atoms with E-state index in [0.717, 1.165) is 10.4 Å². The summed E-state index contributed by atoms with van der Waals surface area (Å²) < 4.78 is 9.92. The molecule has 0 saturated heterocycles. The zero-order chi connectivity index (χ0) is 18.7. The third-order valence-electron chi connectivity index (χ3n) is 3.70. The van der Waals surface area contributed by atoms with Gasteiger partial charge in [0.1, 0.15) is 11.3 Å². The summed E-state index contributed by atoms with van der Waals surface area (Å²) in [5.41, 5.74) is 2.23. The van der Waals surface area contributed by atoms with Crippen LogP contribution in [0.5, 0.6) is 0 Å². The van der Waals surface area contributed by atoms with Gasteiger partial charge in [-0.05, 0) is 38.5 Å². The van der Waals surface area contributed by atoms with Gasteiger partial charge in [0.2, 0.25) is 5.69 Å². The molecule has 0 aliphatic carbocycles. The van der Waals surface area contributed by atoms with E-state index in [1.54, 1.807) is 13.8 Å². The molecule has 0 spiro atoms. The molecule has 1 aromatic carbocycles. The maximum atomic E-state index is 12.6. The standard InChI is InChI=1S/C19H18N2O4S/c1-4-24-19(23)17-16(12(3)25-21-17)18(22)20-15-9-8-14(26-15)13-7-5-6-11(2)10-13/h5-10H,4H2,1-3H3,(H,20,22). The molecule has 0 saturated carbocycles. The Morgan fingerprint density at radius 2 is 2.04 bits per heavy atom. The zero-order valence-corrected chi connectivity index (χ0v) is 15.5. The minimum atomic E-state index is -0.680. The van der Waals surface area contributed by atoms with Crippen molar-refractivity contribution in [1.82, 2.24) is 5.16 Å². The van der Waals surface area contributed by atoms with Gasteiger partial charge < -0.3 is 14.6 Å². The van der Waals surface area contributed by atoms with E-state index in [0.29, 0.717) is 5.00 Å². The topological polar surface area (TPSA) is 81.4 Å². The van der Waals surface area contributed by atoms with Crippen molar-refractivity contribution in [2.24, 2.45) is 0 Å². The Morgan fingerprint density at radius 3 is 2.77 bits per heavy atom. The number of hydrogen-bond acceptors (Lipinski definition) is 6. The van der Waals surface area contributed by atoms with Crippen molar-refractivity contribution < 1.29 is 18.8 Å². The second-order valence-corrected chi connectivity index (χ2v) is 6.75. The first kappa shape index (κ1) is 17.9. The van der Waals surface area contributed by atoms with Crippen LogP contribution in [0.25, 0.3) is 10.4 Å². The first-order valence-corrected chi connectivity index (χ1v) is 8.93. The zero-order valence-electron chi connectivity index (χ0n) is 14.7. The number of ether oxygens (including phenoxy) is 1. The number of esters is 1. The molecule has 1 N–H and O–H groups in total. The molecule has 3 aromatic rings. The molecule has 134 valence electrons. The summed E-state index contributed by atoms with van der Waals surface area (Å²) >= 11 is 1.45. The molecule has 0 unspecified atom stereocenters. The van der Waals surface area contributed by atoms with Crippen molar-refractivity contribution in [2.45, 2.75) is 20.8 Å². The van der Waals surface area contributed by atoms with Crippen molar-refractivity contribution in [2.75, 3.05) is 11.9 Å². The van der Waals surface area contributed by atoms with E-state index in [4.69, 9.17) is 9.26 Å². The van der Waals surface area contributed by atoms with Gasteiger partial charge in [-0.25, -0.2) is 4.79 Å². The molecule has 0 fully saturated rings. The largest absolute Gasteiger partial charge is 0.461 e. The van der Waals surface area contributed by atoms with Crippen molar-refractivity contribution in [1.29, 1.82) is 0 Å². The maximum absolute atomic E-state index is 12.6. The molecule has 2 aromatic heterocycles. The van der Waals surface area contributed by atoms with E-state index in [2.05, 4.69) is 16.5 Å². The molecule has 6 nitrogen and oxygen atoms in total. The Hall–Kier alpha value is -2.93. The van der Waals surface area contributed by atoms with Crippen LogP contribution in [-0.4, -0.2) is 23.6 Å². The molecule has 0 aliphatic rings. The van der Waals surface area contributed by atoms with Gasteiger partial charge in [0.15, 0.2) is 0 Å². The third kappa shape index (κ3) is 3.67. The number of rotatable bonds is 5. The normalized spacial score (nSPS) is 10.6. The minimum Gasteiger partial charge on any atom is -0.461 e. The third-order valence-corrected chi connectivity index (χ3v) is 4.75. The van der Waals surface area contributed by atoms with Crippen LogP contribution in [0, 0.1) is 13.8 Å². The van der Waals surface area contributed by atoms with Crippen LogP contribution >= 0.6 is 11.3 Å². The number of nitrogens with zero attached hydrogens (tertiary/aromatic N) is 1. The number of nitrogens with one attached hydrogen (secondary N) is 1. The molecule has 26 heavy (non-hydrogen) atoms. The van der Waals surface area contributed by atoms with Gasteiger partial charge in [0, 0.05) is 4.88 Å². The highest BCUT2D eigenvalue weighted by molar-refractivity contribution is 7.19. The molecular formula is C19H18N2O4S. The Morgan fingerprint density at radius 1 is 1.23 bits per heavy atom. The Kier molecular flexibility index (Phi) is 5.18. The summed E-state index contributed by atoms with van der Waals surface area (Å²) in [6, 6.07) is 11.9. The summed E-state index contributed by atoms with van der Waals surface area (Å²) in [7, 11) is 0. The quantitative estimate of drug-likeness (QED) is 0.671.